The van der Waals surface area contributed by atoms with Crippen LogP contribution in [0, 0.1) is 0 Å². The number of aromatic nitrogens is 1. The molecule has 10 heteroatoms. The third kappa shape index (κ3) is 8.76. The Morgan fingerprint density at radius 2 is 1.42 bits per heavy atom. The first-order chi connectivity index (χ1) is 20.9. The van der Waals surface area contributed by atoms with E-state index in [-0.39, 0.29) is 32.0 Å². The molecule has 0 radical (unpaired) electrons. The number of nitrogens with zero attached hydrogens (tertiary/aromatic N) is 1. The fraction of sp³-hybridized carbons (Fsp3) is 0.273. The first-order valence-corrected chi connectivity index (χ1v) is 14.2. The molecule has 0 fully saturated rings. The van der Waals surface area contributed by atoms with E-state index in [1.807, 2.05) is 72.8 Å². The zero-order chi connectivity index (χ0) is 30.6. The minimum Gasteiger partial charge on any atom is -0.459 e. The molecular formula is C33H36N4O6. The second kappa shape index (κ2) is 15.3. The largest absolute Gasteiger partial charge is 0.459 e. The molecule has 10 nitrogen and oxygen atoms in total. The van der Waals surface area contributed by atoms with Gasteiger partial charge in [-0.05, 0) is 42.6 Å². The van der Waals surface area contributed by atoms with E-state index in [1.54, 1.807) is 25.3 Å². The molecule has 0 saturated carbocycles. The summed E-state index contributed by atoms with van der Waals surface area (Å²) in [7, 11) is 0. The van der Waals surface area contributed by atoms with Crippen molar-refractivity contribution >= 4 is 34.8 Å². The van der Waals surface area contributed by atoms with Gasteiger partial charge in [-0.25, -0.2) is 9.59 Å². The average Bonchev–Trinajstić information content (AvgIpc) is 3.40. The summed E-state index contributed by atoms with van der Waals surface area (Å²) >= 11 is 0. The number of para-hydroxylation sites is 1. The van der Waals surface area contributed by atoms with Crippen molar-refractivity contribution in [1.29, 1.82) is 0 Å². The molecule has 0 saturated heterocycles. The molecule has 4 rings (SSSR count). The molecule has 0 spiro atoms. The Balaban J connectivity index is 1.50. The van der Waals surface area contributed by atoms with Gasteiger partial charge >= 0.3 is 12.1 Å². The predicted octanol–water partition coefficient (Wildman–Crippen LogP) is 4.11. The van der Waals surface area contributed by atoms with Gasteiger partial charge in [0, 0.05) is 24.4 Å². The van der Waals surface area contributed by atoms with Gasteiger partial charge < -0.3 is 25.8 Å². The van der Waals surface area contributed by atoms with Crippen LogP contribution in [0.3, 0.4) is 0 Å². The monoisotopic (exact) mass is 584 g/mol. The van der Waals surface area contributed by atoms with Gasteiger partial charge in [0.1, 0.15) is 25.3 Å². The molecule has 0 unspecified atom stereocenters. The zero-order valence-corrected chi connectivity index (χ0v) is 24.0. The zero-order valence-electron chi connectivity index (χ0n) is 24.0. The second-order valence-electron chi connectivity index (χ2n) is 10.1. The summed E-state index contributed by atoms with van der Waals surface area (Å²) in [6, 6.07) is 23.8. The van der Waals surface area contributed by atoms with Gasteiger partial charge in [-0.1, -0.05) is 78.9 Å². The topological polar surface area (TPSA) is 142 Å². The minimum atomic E-state index is -0.994. The summed E-state index contributed by atoms with van der Waals surface area (Å²) in [4.78, 5) is 51.7. The van der Waals surface area contributed by atoms with Gasteiger partial charge in [-0.3, -0.25) is 14.2 Å². The van der Waals surface area contributed by atoms with Crippen molar-refractivity contribution < 1.29 is 28.7 Å². The summed E-state index contributed by atoms with van der Waals surface area (Å²) in [5, 5.41) is 6.09. The molecule has 0 aliphatic heterocycles. The van der Waals surface area contributed by atoms with Crippen LogP contribution in [-0.4, -0.2) is 47.1 Å². The second-order valence-corrected chi connectivity index (χ2v) is 10.1. The number of amides is 2. The summed E-state index contributed by atoms with van der Waals surface area (Å²) < 4.78 is 12.3. The Kier molecular flexibility index (Phi) is 11.0. The lowest BCUT2D eigenvalue weighted by molar-refractivity contribution is -0.149. The van der Waals surface area contributed by atoms with Crippen LogP contribution in [-0.2, 0) is 38.7 Å². The lowest BCUT2D eigenvalue weighted by Gasteiger charge is -2.18. The molecule has 2 atom stereocenters. The highest BCUT2D eigenvalue weighted by Crippen LogP contribution is 2.24. The third-order valence-corrected chi connectivity index (χ3v) is 6.83. The van der Waals surface area contributed by atoms with Crippen LogP contribution in [0.15, 0.2) is 91.1 Å². The molecule has 0 aliphatic carbocycles. The van der Waals surface area contributed by atoms with Crippen LogP contribution in [0.5, 0.6) is 0 Å². The highest BCUT2D eigenvalue weighted by molar-refractivity contribution is 5.98. The van der Waals surface area contributed by atoms with Gasteiger partial charge in [0.2, 0.25) is 5.91 Å². The Bertz CT molecular complexity index is 1540. The van der Waals surface area contributed by atoms with E-state index in [1.165, 1.54) is 4.57 Å². The maximum absolute atomic E-state index is 13.5. The van der Waals surface area contributed by atoms with Gasteiger partial charge in [0.05, 0.1) is 5.52 Å². The number of fused-ring (bicyclic) bond motifs is 1. The molecule has 4 aromatic rings. The SMILES string of the molecule is C[C@H](NC(=O)OCc1ccccc1)C(=O)n1cc(C[C@H](NC(=O)CCCN)C(=O)OCc2ccccc2)c2ccccc21. The van der Waals surface area contributed by atoms with Crippen LogP contribution < -0.4 is 16.4 Å². The molecule has 43 heavy (non-hydrogen) atoms. The highest BCUT2D eigenvalue weighted by atomic mass is 16.5. The number of rotatable bonds is 13. The molecular weight excluding hydrogens is 548 g/mol. The van der Waals surface area contributed by atoms with Crippen molar-refractivity contribution in [1.82, 2.24) is 15.2 Å². The van der Waals surface area contributed by atoms with Gasteiger partial charge in [-0.2, -0.15) is 0 Å². The maximum atomic E-state index is 13.5. The summed E-state index contributed by atoms with van der Waals surface area (Å²) in [5.74, 6) is -1.31. The highest BCUT2D eigenvalue weighted by Gasteiger charge is 2.27. The smallest absolute Gasteiger partial charge is 0.408 e. The number of alkyl carbamates (subject to hydrolysis) is 1. The van der Waals surface area contributed by atoms with E-state index in [0.717, 1.165) is 16.5 Å². The Hall–Kier alpha value is -4.96. The summed E-state index contributed by atoms with van der Waals surface area (Å²) in [6.07, 6.45) is 1.64. The van der Waals surface area contributed by atoms with Crippen LogP contribution in [0.4, 0.5) is 4.79 Å². The van der Waals surface area contributed by atoms with E-state index in [2.05, 4.69) is 10.6 Å². The molecule has 0 bridgehead atoms. The molecule has 1 aromatic heterocycles. The molecule has 4 N–H and O–H groups in total. The standard InChI is InChI=1S/C33H36N4O6/c1-23(35-33(41)43-22-25-13-6-3-7-14-25)31(39)37-20-26(27-15-8-9-16-29(27)37)19-28(36-30(38)17-10-18-34)32(40)42-21-24-11-4-2-5-12-24/h2-9,11-16,20,23,28H,10,17-19,21-22,34H2,1H3,(H,35,41)(H,36,38)/t23-,28-/m0/s1. The third-order valence-electron chi connectivity index (χ3n) is 6.83. The predicted molar refractivity (Wildman–Crippen MR) is 162 cm³/mol. The molecule has 0 aliphatic rings. The fourth-order valence-electron chi connectivity index (χ4n) is 4.58. The number of benzene rings is 3. The van der Waals surface area contributed by atoms with E-state index in [9.17, 15) is 19.2 Å². The molecule has 1 heterocycles. The van der Waals surface area contributed by atoms with Crippen LogP contribution in [0.2, 0.25) is 0 Å². The number of esters is 1. The van der Waals surface area contributed by atoms with E-state index in [4.69, 9.17) is 15.2 Å². The Labute approximate surface area is 250 Å². The number of nitrogens with one attached hydrogen (secondary N) is 2. The number of ether oxygens (including phenoxy) is 2. The maximum Gasteiger partial charge on any atom is 0.408 e. The van der Waals surface area contributed by atoms with Crippen molar-refractivity contribution in [2.24, 2.45) is 5.73 Å². The Morgan fingerprint density at radius 1 is 0.814 bits per heavy atom. The lowest BCUT2D eigenvalue weighted by Crippen LogP contribution is -2.43. The summed E-state index contributed by atoms with van der Waals surface area (Å²) in [5.41, 5.74) is 8.45. The number of carbonyl (C=O) groups is 4. The quantitative estimate of drug-likeness (QED) is 0.201. The number of nitrogens with two attached hydrogens (primary N) is 1. The first kappa shape index (κ1) is 31.0. The van der Waals surface area contributed by atoms with Gasteiger partial charge in [0.25, 0.3) is 5.91 Å². The van der Waals surface area contributed by atoms with Crippen molar-refractivity contribution in [3.05, 3.63) is 108 Å². The number of carbonyl (C=O) groups excluding carboxylic acids is 4. The van der Waals surface area contributed by atoms with Crippen molar-refractivity contribution in [3.63, 3.8) is 0 Å². The van der Waals surface area contributed by atoms with Crippen molar-refractivity contribution in [2.75, 3.05) is 6.54 Å². The van der Waals surface area contributed by atoms with Crippen molar-refractivity contribution in [2.45, 2.75) is 51.5 Å². The number of hydrogen-bond acceptors (Lipinski definition) is 7. The molecule has 2 amide bonds. The van der Waals surface area contributed by atoms with Crippen molar-refractivity contribution in [3.8, 4) is 0 Å². The van der Waals surface area contributed by atoms with E-state index in [0.29, 0.717) is 24.0 Å². The first-order valence-electron chi connectivity index (χ1n) is 14.2. The van der Waals surface area contributed by atoms with Gasteiger partial charge in [-0.15, -0.1) is 0 Å². The fourth-order valence-corrected chi connectivity index (χ4v) is 4.58. The van der Waals surface area contributed by atoms with Crippen LogP contribution in [0.1, 0.15) is 41.3 Å². The van der Waals surface area contributed by atoms with E-state index >= 15 is 0 Å². The normalized spacial score (nSPS) is 12.2. The van der Waals surface area contributed by atoms with E-state index < -0.39 is 30.1 Å². The van der Waals surface area contributed by atoms with Crippen LogP contribution >= 0.6 is 0 Å². The van der Waals surface area contributed by atoms with Crippen LogP contribution in [0.25, 0.3) is 10.9 Å². The Morgan fingerprint density at radius 3 is 2.07 bits per heavy atom. The molecule has 3 aromatic carbocycles. The van der Waals surface area contributed by atoms with Gasteiger partial charge in [0.15, 0.2) is 0 Å². The average molecular weight is 585 g/mol. The number of hydrogen-bond donors (Lipinski definition) is 3. The molecule has 224 valence electrons. The lowest BCUT2D eigenvalue weighted by atomic mass is 10.0. The summed E-state index contributed by atoms with van der Waals surface area (Å²) in [6.45, 7) is 2.04. The minimum absolute atomic E-state index is 0.0542.